The molecule has 5 heteroatoms. The average molecular weight is 523 g/mol. The van der Waals surface area contributed by atoms with Crippen LogP contribution >= 0.6 is 0 Å². The van der Waals surface area contributed by atoms with Gasteiger partial charge in [0.25, 0.3) is 0 Å². The van der Waals surface area contributed by atoms with E-state index in [0.29, 0.717) is 21.3 Å². The largest absolute Gasteiger partial charge is 0.228 e. The molecular weight excluding hydrogens is 500 g/mol. The van der Waals surface area contributed by atoms with Crippen LogP contribution in [0.1, 0.15) is 0 Å². The van der Waals surface area contributed by atoms with E-state index in [1.54, 1.807) is 18.2 Å². The molecular formula is C34H22N2O2S. The number of hydrogen-bond donors (Lipinski definition) is 0. The van der Waals surface area contributed by atoms with Crippen molar-refractivity contribution in [3.63, 3.8) is 0 Å². The van der Waals surface area contributed by atoms with Crippen LogP contribution in [-0.4, -0.2) is 18.4 Å². The quantitative estimate of drug-likeness (QED) is 0.235. The fourth-order valence-electron chi connectivity index (χ4n) is 5.09. The average Bonchev–Trinajstić information content (AvgIpc) is 3.24. The molecule has 6 aromatic rings. The molecule has 2 heterocycles. The predicted molar refractivity (Wildman–Crippen MR) is 155 cm³/mol. The van der Waals surface area contributed by atoms with Crippen molar-refractivity contribution in [3.8, 4) is 56.2 Å². The fraction of sp³-hybridized carbons (Fsp3) is 0. The van der Waals surface area contributed by atoms with E-state index >= 15 is 0 Å². The summed E-state index contributed by atoms with van der Waals surface area (Å²) < 4.78 is 26.7. The van der Waals surface area contributed by atoms with Crippen LogP contribution in [0.5, 0.6) is 0 Å². The van der Waals surface area contributed by atoms with Crippen LogP contribution in [0.3, 0.4) is 0 Å². The summed E-state index contributed by atoms with van der Waals surface area (Å²) in [5.41, 5.74) is 7.74. The van der Waals surface area contributed by atoms with Gasteiger partial charge < -0.3 is 0 Å². The number of rotatable bonds is 4. The molecule has 39 heavy (non-hydrogen) atoms. The van der Waals surface area contributed by atoms with Crippen molar-refractivity contribution in [1.29, 1.82) is 0 Å². The molecule has 0 amide bonds. The molecule has 0 radical (unpaired) electrons. The molecule has 0 unspecified atom stereocenters. The summed E-state index contributed by atoms with van der Waals surface area (Å²) in [6.45, 7) is 0. The molecule has 0 atom stereocenters. The van der Waals surface area contributed by atoms with Crippen LogP contribution in [0.2, 0.25) is 0 Å². The van der Waals surface area contributed by atoms with Gasteiger partial charge in [0, 0.05) is 27.8 Å². The van der Waals surface area contributed by atoms with Gasteiger partial charge in [-0.1, -0.05) is 115 Å². The molecule has 1 aromatic heterocycles. The van der Waals surface area contributed by atoms with Gasteiger partial charge in [0.2, 0.25) is 9.84 Å². The molecule has 0 aliphatic carbocycles. The summed E-state index contributed by atoms with van der Waals surface area (Å²) in [7, 11) is -3.59. The number of aromatic nitrogens is 2. The summed E-state index contributed by atoms with van der Waals surface area (Å²) in [4.78, 5) is 10.5. The molecule has 0 saturated heterocycles. The maximum Gasteiger partial charge on any atom is 0.207 e. The van der Waals surface area contributed by atoms with Gasteiger partial charge in [0.05, 0.1) is 21.2 Å². The van der Waals surface area contributed by atoms with Crippen LogP contribution in [0.15, 0.2) is 143 Å². The van der Waals surface area contributed by atoms with Crippen molar-refractivity contribution in [2.24, 2.45) is 0 Å². The smallest absolute Gasteiger partial charge is 0.207 e. The van der Waals surface area contributed by atoms with E-state index in [2.05, 4.69) is 24.3 Å². The van der Waals surface area contributed by atoms with Crippen molar-refractivity contribution in [1.82, 2.24) is 9.97 Å². The third kappa shape index (κ3) is 4.04. The van der Waals surface area contributed by atoms with Crippen molar-refractivity contribution in [2.45, 2.75) is 9.79 Å². The van der Waals surface area contributed by atoms with Crippen LogP contribution in [0.4, 0.5) is 0 Å². The van der Waals surface area contributed by atoms with Gasteiger partial charge >= 0.3 is 0 Å². The van der Waals surface area contributed by atoms with Gasteiger partial charge in [-0.2, -0.15) is 0 Å². The summed E-state index contributed by atoms with van der Waals surface area (Å²) in [6.07, 6.45) is 0. The lowest BCUT2D eigenvalue weighted by Crippen LogP contribution is -1.98. The highest BCUT2D eigenvalue weighted by molar-refractivity contribution is 7.92. The maximum absolute atomic E-state index is 13.4. The topological polar surface area (TPSA) is 59.9 Å². The molecule has 0 saturated carbocycles. The normalized spacial score (nSPS) is 13.0. The summed E-state index contributed by atoms with van der Waals surface area (Å²) in [6, 6.07) is 43.0. The van der Waals surface area contributed by atoms with Crippen molar-refractivity contribution < 1.29 is 8.42 Å². The first-order valence-corrected chi connectivity index (χ1v) is 14.2. The zero-order valence-electron chi connectivity index (χ0n) is 20.8. The Bertz CT molecular complexity index is 1950. The lowest BCUT2D eigenvalue weighted by atomic mass is 10.0. The number of sulfone groups is 1. The first kappa shape index (κ1) is 23.3. The Hall–Kier alpha value is -4.87. The molecule has 186 valence electrons. The maximum atomic E-state index is 13.4. The summed E-state index contributed by atoms with van der Waals surface area (Å²) in [5, 5.41) is 0. The second kappa shape index (κ2) is 9.15. The van der Waals surface area contributed by atoms with Crippen molar-refractivity contribution in [2.75, 3.05) is 0 Å². The molecule has 4 nitrogen and oxygen atoms in total. The zero-order chi connectivity index (χ0) is 26.4. The van der Waals surface area contributed by atoms with Crippen molar-refractivity contribution >= 4 is 9.84 Å². The third-order valence-electron chi connectivity index (χ3n) is 7.08. The highest BCUT2D eigenvalue weighted by Crippen LogP contribution is 2.44. The second-order valence-corrected chi connectivity index (χ2v) is 11.4. The van der Waals surface area contributed by atoms with Gasteiger partial charge in [-0.3, -0.25) is 0 Å². The minimum Gasteiger partial charge on any atom is -0.228 e. The third-order valence-corrected chi connectivity index (χ3v) is 8.93. The van der Waals surface area contributed by atoms with Crippen molar-refractivity contribution in [3.05, 3.63) is 133 Å². The van der Waals surface area contributed by atoms with Gasteiger partial charge in [-0.05, 0) is 29.3 Å². The molecule has 1 aliphatic rings. The van der Waals surface area contributed by atoms with Crippen LogP contribution in [-0.2, 0) is 9.84 Å². The Morgan fingerprint density at radius 2 is 0.923 bits per heavy atom. The molecule has 0 fully saturated rings. The Labute approximate surface area is 227 Å². The summed E-state index contributed by atoms with van der Waals surface area (Å²) >= 11 is 0. The molecule has 5 aromatic carbocycles. The SMILES string of the molecule is O=S1(=O)c2ccccc2-c2ccc(-c3cc(-c4ccccc4)nc(-c4ccc(-c5ccccc5)cc4)n3)cc21. The monoisotopic (exact) mass is 522 g/mol. The lowest BCUT2D eigenvalue weighted by molar-refractivity contribution is 0.598. The van der Waals surface area contributed by atoms with E-state index in [0.717, 1.165) is 44.6 Å². The minimum atomic E-state index is -3.59. The van der Waals surface area contributed by atoms with Crippen LogP contribution < -0.4 is 0 Å². The predicted octanol–water partition coefficient (Wildman–Crippen LogP) is 7.96. The number of hydrogen-bond acceptors (Lipinski definition) is 4. The first-order valence-electron chi connectivity index (χ1n) is 12.7. The number of fused-ring (bicyclic) bond motifs is 3. The first-order chi connectivity index (χ1) is 19.1. The molecule has 0 spiro atoms. The Kier molecular flexibility index (Phi) is 5.46. The Balaban J connectivity index is 1.36. The van der Waals surface area contributed by atoms with E-state index in [4.69, 9.17) is 9.97 Å². The van der Waals surface area contributed by atoms with Gasteiger partial charge in [0.15, 0.2) is 5.82 Å². The highest BCUT2D eigenvalue weighted by Gasteiger charge is 2.32. The van der Waals surface area contributed by atoms with E-state index in [1.807, 2.05) is 91.0 Å². The van der Waals surface area contributed by atoms with E-state index in [1.165, 1.54) is 0 Å². The standard InChI is InChI=1S/C34H22N2O2S/c37-39(38)32-14-8-7-13-28(32)29-20-19-27(21-33(29)39)31-22-30(25-11-5-2-6-12-25)35-34(36-31)26-17-15-24(16-18-26)23-9-3-1-4-10-23/h1-22H. The molecule has 0 N–H and O–H groups in total. The zero-order valence-corrected chi connectivity index (χ0v) is 21.6. The minimum absolute atomic E-state index is 0.315. The van der Waals surface area contributed by atoms with Gasteiger partial charge in [-0.15, -0.1) is 0 Å². The number of nitrogens with zero attached hydrogens (tertiary/aromatic N) is 2. The Morgan fingerprint density at radius 3 is 1.64 bits per heavy atom. The Morgan fingerprint density at radius 1 is 0.410 bits per heavy atom. The van der Waals surface area contributed by atoms with E-state index in [-0.39, 0.29) is 0 Å². The van der Waals surface area contributed by atoms with E-state index < -0.39 is 9.84 Å². The van der Waals surface area contributed by atoms with Crippen LogP contribution in [0.25, 0.3) is 56.2 Å². The highest BCUT2D eigenvalue weighted by atomic mass is 32.2. The van der Waals surface area contributed by atoms with Gasteiger partial charge in [0.1, 0.15) is 0 Å². The van der Waals surface area contributed by atoms with Crippen LogP contribution in [0, 0.1) is 0 Å². The molecule has 1 aliphatic heterocycles. The summed E-state index contributed by atoms with van der Waals surface area (Å²) in [5.74, 6) is 0.581. The molecule has 0 bridgehead atoms. The second-order valence-electron chi connectivity index (χ2n) is 9.48. The lowest BCUT2D eigenvalue weighted by Gasteiger charge is -2.11. The number of benzene rings is 5. The fourth-order valence-corrected chi connectivity index (χ4v) is 6.80. The van der Waals surface area contributed by atoms with Gasteiger partial charge in [-0.25, -0.2) is 18.4 Å². The van der Waals surface area contributed by atoms with E-state index in [9.17, 15) is 8.42 Å². The molecule has 7 rings (SSSR count).